The minimum absolute atomic E-state index is 0.237. The summed E-state index contributed by atoms with van der Waals surface area (Å²) in [5.74, 6) is 2.76. The van der Waals surface area contributed by atoms with E-state index in [9.17, 15) is 0 Å². The van der Waals surface area contributed by atoms with E-state index in [1.807, 2.05) is 6.21 Å². The van der Waals surface area contributed by atoms with Gasteiger partial charge < -0.3 is 0 Å². The van der Waals surface area contributed by atoms with Crippen LogP contribution < -0.4 is 5.01 Å². The van der Waals surface area contributed by atoms with Crippen LogP contribution in [0.4, 0.5) is 5.69 Å². The zero-order valence-electron chi connectivity index (χ0n) is 14.7. The van der Waals surface area contributed by atoms with E-state index in [-0.39, 0.29) is 5.54 Å². The zero-order chi connectivity index (χ0) is 16.7. The third-order valence-electron chi connectivity index (χ3n) is 6.58. The van der Waals surface area contributed by atoms with E-state index >= 15 is 0 Å². The highest BCUT2D eigenvalue weighted by molar-refractivity contribution is 5.80. The second-order valence-corrected chi connectivity index (χ2v) is 8.44. The largest absolute Gasteiger partial charge is 0.259 e. The van der Waals surface area contributed by atoms with Gasteiger partial charge in [-0.05, 0) is 74.0 Å². The van der Waals surface area contributed by atoms with Gasteiger partial charge in [0, 0.05) is 0 Å². The molecule has 4 bridgehead atoms. The Bertz CT molecular complexity index is 715. The van der Waals surface area contributed by atoms with Crippen molar-refractivity contribution in [2.45, 2.75) is 44.1 Å². The molecule has 0 unspecified atom stereocenters. The molecule has 4 aliphatic rings. The van der Waals surface area contributed by atoms with Crippen LogP contribution in [0.2, 0.25) is 0 Å². The van der Waals surface area contributed by atoms with Crippen molar-refractivity contribution < 1.29 is 0 Å². The zero-order valence-corrected chi connectivity index (χ0v) is 14.7. The predicted molar refractivity (Wildman–Crippen MR) is 104 cm³/mol. The van der Waals surface area contributed by atoms with Crippen LogP contribution in [0.5, 0.6) is 0 Å². The van der Waals surface area contributed by atoms with Crippen LogP contribution in [-0.2, 0) is 0 Å². The van der Waals surface area contributed by atoms with E-state index in [2.05, 4.69) is 65.7 Å². The number of rotatable bonds is 4. The second kappa shape index (κ2) is 6.01. The molecule has 0 N–H and O–H groups in total. The average Bonchev–Trinajstić information content (AvgIpc) is 2.62. The molecule has 2 aromatic carbocycles. The van der Waals surface area contributed by atoms with Crippen LogP contribution in [0.25, 0.3) is 0 Å². The Hall–Kier alpha value is -2.09. The number of para-hydroxylation sites is 1. The fourth-order valence-corrected chi connectivity index (χ4v) is 6.02. The van der Waals surface area contributed by atoms with Gasteiger partial charge in [-0.3, -0.25) is 5.01 Å². The molecule has 2 nitrogen and oxygen atoms in total. The molecule has 0 radical (unpaired) electrons. The topological polar surface area (TPSA) is 15.6 Å². The maximum atomic E-state index is 5.06. The molecule has 0 spiro atoms. The first kappa shape index (κ1) is 15.2. The normalized spacial score (nSPS) is 33.0. The van der Waals surface area contributed by atoms with Crippen molar-refractivity contribution in [2.75, 3.05) is 5.01 Å². The van der Waals surface area contributed by atoms with Crippen molar-refractivity contribution in [3.63, 3.8) is 0 Å². The first-order valence-corrected chi connectivity index (χ1v) is 9.75. The lowest BCUT2D eigenvalue weighted by Gasteiger charge is -2.59. The summed E-state index contributed by atoms with van der Waals surface area (Å²) in [7, 11) is 0. The fourth-order valence-electron chi connectivity index (χ4n) is 6.02. The summed E-state index contributed by atoms with van der Waals surface area (Å²) in [6, 6.07) is 21.3. The molecule has 2 heteroatoms. The Morgan fingerprint density at radius 3 is 1.84 bits per heavy atom. The lowest BCUT2D eigenvalue weighted by Crippen LogP contribution is -2.58. The molecule has 2 aromatic rings. The molecule has 4 fully saturated rings. The highest BCUT2D eigenvalue weighted by Gasteiger charge is 2.54. The van der Waals surface area contributed by atoms with Gasteiger partial charge in [0.2, 0.25) is 0 Å². The van der Waals surface area contributed by atoms with Crippen LogP contribution in [0.1, 0.15) is 44.1 Å². The molecule has 4 aliphatic carbocycles. The van der Waals surface area contributed by atoms with Crippen molar-refractivity contribution >= 4 is 11.9 Å². The smallest absolute Gasteiger partial charge is 0.0642 e. The molecular weight excluding hydrogens is 304 g/mol. The Labute approximate surface area is 150 Å². The Kier molecular flexibility index (Phi) is 3.65. The summed E-state index contributed by atoms with van der Waals surface area (Å²) in [4.78, 5) is 0. The number of hydrogen-bond acceptors (Lipinski definition) is 2. The second-order valence-electron chi connectivity index (χ2n) is 8.44. The van der Waals surface area contributed by atoms with Gasteiger partial charge in [-0.2, -0.15) is 5.10 Å². The van der Waals surface area contributed by atoms with Crippen LogP contribution >= 0.6 is 0 Å². The monoisotopic (exact) mass is 330 g/mol. The minimum atomic E-state index is 0.237. The van der Waals surface area contributed by atoms with Crippen LogP contribution in [0, 0.1) is 17.8 Å². The number of nitrogens with zero attached hydrogens (tertiary/aromatic N) is 2. The van der Waals surface area contributed by atoms with Crippen LogP contribution in [0.3, 0.4) is 0 Å². The van der Waals surface area contributed by atoms with E-state index in [4.69, 9.17) is 5.10 Å². The predicted octanol–water partition coefficient (Wildman–Crippen LogP) is 5.50. The molecule has 0 heterocycles. The maximum Gasteiger partial charge on any atom is 0.0642 e. The molecule has 6 rings (SSSR count). The highest BCUT2D eigenvalue weighted by Crippen LogP contribution is 2.58. The number of anilines is 1. The van der Waals surface area contributed by atoms with E-state index in [1.165, 1.54) is 49.8 Å². The van der Waals surface area contributed by atoms with E-state index in [0.717, 1.165) is 17.8 Å². The van der Waals surface area contributed by atoms with Crippen molar-refractivity contribution in [1.29, 1.82) is 0 Å². The molecule has 128 valence electrons. The standard InChI is InChI=1S/C23H26N2/c1-3-7-18(8-4-1)17-24-25(22-9-5-2-6-10-22)23-14-19-11-20(15-23)13-21(12-19)16-23/h1-10,17,19-21H,11-16H2/b24-17+. The quantitative estimate of drug-likeness (QED) is 0.534. The molecule has 0 saturated heterocycles. The molecular formula is C23H26N2. The number of hydrazone groups is 1. The Balaban J connectivity index is 1.53. The van der Waals surface area contributed by atoms with E-state index in [0.29, 0.717) is 0 Å². The van der Waals surface area contributed by atoms with Gasteiger partial charge in [-0.1, -0.05) is 48.5 Å². The van der Waals surface area contributed by atoms with E-state index < -0.39 is 0 Å². The van der Waals surface area contributed by atoms with Crippen molar-refractivity contribution in [2.24, 2.45) is 22.9 Å². The van der Waals surface area contributed by atoms with Gasteiger partial charge in [0.05, 0.1) is 17.4 Å². The summed E-state index contributed by atoms with van der Waals surface area (Å²) in [5, 5.41) is 7.46. The molecule has 0 aliphatic heterocycles. The van der Waals surface area contributed by atoms with Crippen molar-refractivity contribution in [1.82, 2.24) is 0 Å². The third kappa shape index (κ3) is 2.78. The van der Waals surface area contributed by atoms with Crippen molar-refractivity contribution in [3.8, 4) is 0 Å². The van der Waals surface area contributed by atoms with Crippen LogP contribution in [-0.4, -0.2) is 11.8 Å². The lowest BCUT2D eigenvalue weighted by molar-refractivity contribution is -0.00409. The molecule has 0 atom stereocenters. The van der Waals surface area contributed by atoms with Crippen molar-refractivity contribution in [3.05, 3.63) is 66.2 Å². The fraction of sp³-hybridized carbons (Fsp3) is 0.435. The molecule has 4 saturated carbocycles. The summed E-state index contributed by atoms with van der Waals surface area (Å²) in [6.45, 7) is 0. The van der Waals surface area contributed by atoms with Gasteiger partial charge in [-0.15, -0.1) is 0 Å². The van der Waals surface area contributed by atoms with Gasteiger partial charge in [0.1, 0.15) is 0 Å². The summed E-state index contributed by atoms with van der Waals surface area (Å²) in [6.07, 6.45) is 10.4. The van der Waals surface area contributed by atoms with E-state index in [1.54, 1.807) is 0 Å². The number of benzene rings is 2. The van der Waals surface area contributed by atoms with Gasteiger partial charge in [-0.25, -0.2) is 0 Å². The van der Waals surface area contributed by atoms with Gasteiger partial charge >= 0.3 is 0 Å². The Morgan fingerprint density at radius 2 is 1.28 bits per heavy atom. The summed E-state index contributed by atoms with van der Waals surface area (Å²) in [5.41, 5.74) is 2.66. The van der Waals surface area contributed by atoms with Crippen LogP contribution in [0.15, 0.2) is 65.8 Å². The molecule has 0 amide bonds. The number of hydrogen-bond donors (Lipinski definition) is 0. The SMILES string of the molecule is C(=N\N(c1ccccc1)C12CC3CC(CC(C3)C1)C2)/c1ccccc1. The molecule has 0 aromatic heterocycles. The average molecular weight is 330 g/mol. The lowest BCUT2D eigenvalue weighted by atomic mass is 9.52. The first-order chi connectivity index (χ1) is 12.3. The highest BCUT2D eigenvalue weighted by atomic mass is 15.5. The van der Waals surface area contributed by atoms with Gasteiger partial charge in [0.15, 0.2) is 0 Å². The summed E-state index contributed by atoms with van der Waals surface area (Å²) < 4.78 is 0. The summed E-state index contributed by atoms with van der Waals surface area (Å²) >= 11 is 0. The first-order valence-electron chi connectivity index (χ1n) is 9.75. The minimum Gasteiger partial charge on any atom is -0.259 e. The maximum absolute atomic E-state index is 5.06. The Morgan fingerprint density at radius 1 is 0.760 bits per heavy atom. The third-order valence-corrected chi connectivity index (χ3v) is 6.58. The molecule has 25 heavy (non-hydrogen) atoms. The van der Waals surface area contributed by atoms with Gasteiger partial charge in [0.25, 0.3) is 0 Å².